The lowest BCUT2D eigenvalue weighted by atomic mass is 9.92. The maximum absolute atomic E-state index is 12.5. The van der Waals surface area contributed by atoms with Crippen molar-refractivity contribution >= 4 is 11.9 Å². The molecule has 1 aliphatic heterocycles. The highest BCUT2D eigenvalue weighted by molar-refractivity contribution is 5.97. The van der Waals surface area contributed by atoms with Crippen LogP contribution >= 0.6 is 0 Å². The molecule has 3 N–H and O–H groups in total. The molecule has 1 atom stereocenters. The maximum atomic E-state index is 12.5. The Morgan fingerprint density at radius 1 is 1.21 bits per heavy atom. The number of nitrogens with zero attached hydrogens (tertiary/aromatic N) is 3. The fourth-order valence-electron chi connectivity index (χ4n) is 4.38. The Labute approximate surface area is 198 Å². The third kappa shape index (κ3) is 7.16. The number of benzene rings is 1. The van der Waals surface area contributed by atoms with Crippen LogP contribution < -0.4 is 20.7 Å². The highest BCUT2D eigenvalue weighted by Crippen LogP contribution is 2.25. The molecule has 0 bridgehead atoms. The summed E-state index contributed by atoms with van der Waals surface area (Å²) in [5.41, 5.74) is 9.48. The molecule has 2 heterocycles. The first kappa shape index (κ1) is 25.0. The minimum absolute atomic E-state index is 0.0647. The number of hydrogen-bond acceptors (Lipinski definition) is 6. The number of nitrogens with two attached hydrogens (primary N) is 1. The summed E-state index contributed by atoms with van der Waals surface area (Å²) in [6.45, 7) is 11.1. The predicted octanol–water partition coefficient (Wildman–Crippen LogP) is 3.81. The Kier molecular flexibility index (Phi) is 9.06. The number of hydrogen-bond donors (Lipinski definition) is 2. The molecule has 0 saturated carbocycles. The Balaban J connectivity index is 1.40. The Morgan fingerprint density at radius 2 is 1.85 bits per heavy atom. The zero-order valence-corrected chi connectivity index (χ0v) is 20.6. The van der Waals surface area contributed by atoms with Gasteiger partial charge >= 0.3 is 0 Å². The van der Waals surface area contributed by atoms with Gasteiger partial charge in [0.15, 0.2) is 0 Å². The van der Waals surface area contributed by atoms with Crippen LogP contribution in [0, 0.1) is 19.8 Å². The third-order valence-electron chi connectivity index (χ3n) is 6.34. The molecule has 1 fully saturated rings. The number of piperidine rings is 1. The number of aromatic nitrogens is 2. The van der Waals surface area contributed by atoms with Gasteiger partial charge in [0.1, 0.15) is 5.75 Å². The van der Waals surface area contributed by atoms with Crippen molar-refractivity contribution in [3.05, 3.63) is 46.8 Å². The second-order valence-electron chi connectivity index (χ2n) is 9.29. The van der Waals surface area contributed by atoms with Gasteiger partial charge in [-0.15, -0.1) is 0 Å². The summed E-state index contributed by atoms with van der Waals surface area (Å²) in [6.07, 6.45) is 9.38. The minimum atomic E-state index is -0.0769. The van der Waals surface area contributed by atoms with Crippen LogP contribution in [-0.4, -0.2) is 48.2 Å². The van der Waals surface area contributed by atoms with Crippen LogP contribution in [0.1, 0.15) is 66.6 Å². The highest BCUT2D eigenvalue weighted by Gasteiger charge is 2.21. The second kappa shape index (κ2) is 12.0. The summed E-state index contributed by atoms with van der Waals surface area (Å²) in [4.78, 5) is 23.8. The van der Waals surface area contributed by atoms with Gasteiger partial charge in [-0.1, -0.05) is 6.92 Å². The summed E-state index contributed by atoms with van der Waals surface area (Å²) >= 11 is 0. The van der Waals surface area contributed by atoms with Gasteiger partial charge in [-0.05, 0) is 87.6 Å². The number of aryl methyl sites for hydroxylation is 3. The number of carbonyl (C=O) groups is 1. The standard InChI is InChI=1S/C26H39N5O2/c1-5-21-16-29-26(30-17-21)31-10-8-22(9-11-31)7-6-12-33-23-13-18(2)24(19(3)14-23)25(32)28-15-20(4)27/h13-14,16-17,20,22H,5-12,15,27H2,1-4H3,(H,28,32)/t20-/m0/s1. The summed E-state index contributed by atoms with van der Waals surface area (Å²) in [5.74, 6) is 2.33. The minimum Gasteiger partial charge on any atom is -0.494 e. The summed E-state index contributed by atoms with van der Waals surface area (Å²) in [7, 11) is 0. The van der Waals surface area contributed by atoms with E-state index in [0.29, 0.717) is 18.7 Å². The molecule has 0 spiro atoms. The SMILES string of the molecule is CCc1cnc(N2CCC(CCCOc3cc(C)c(C(=O)NC[C@H](C)N)c(C)c3)CC2)nc1. The van der Waals surface area contributed by atoms with Gasteiger partial charge in [-0.3, -0.25) is 4.79 Å². The lowest BCUT2D eigenvalue weighted by molar-refractivity contribution is 0.0950. The average molecular weight is 454 g/mol. The van der Waals surface area contributed by atoms with Crippen molar-refractivity contribution < 1.29 is 9.53 Å². The molecule has 0 aliphatic carbocycles. The van der Waals surface area contributed by atoms with E-state index in [1.807, 2.05) is 45.3 Å². The highest BCUT2D eigenvalue weighted by atomic mass is 16.5. The molecule has 0 unspecified atom stereocenters. The van der Waals surface area contributed by atoms with Crippen molar-refractivity contribution in [1.29, 1.82) is 0 Å². The Hall–Kier alpha value is -2.67. The molecule has 1 aromatic carbocycles. The van der Waals surface area contributed by atoms with E-state index in [0.717, 1.165) is 54.7 Å². The van der Waals surface area contributed by atoms with Gasteiger partial charge in [0.05, 0.1) is 6.61 Å². The second-order valence-corrected chi connectivity index (χ2v) is 9.29. The van der Waals surface area contributed by atoms with E-state index in [1.165, 1.54) is 24.8 Å². The zero-order valence-electron chi connectivity index (χ0n) is 20.6. The van der Waals surface area contributed by atoms with Gasteiger partial charge in [-0.2, -0.15) is 0 Å². The summed E-state index contributed by atoms with van der Waals surface area (Å²) in [5, 5.41) is 2.89. The van der Waals surface area contributed by atoms with Crippen LogP contribution in [-0.2, 0) is 6.42 Å². The lowest BCUT2D eigenvalue weighted by Crippen LogP contribution is -2.35. The molecule has 7 heteroatoms. The molecule has 33 heavy (non-hydrogen) atoms. The van der Waals surface area contributed by atoms with Crippen LogP contribution in [0.25, 0.3) is 0 Å². The Morgan fingerprint density at radius 3 is 2.42 bits per heavy atom. The molecule has 1 aliphatic rings. The van der Waals surface area contributed by atoms with E-state index < -0.39 is 0 Å². The monoisotopic (exact) mass is 453 g/mol. The van der Waals surface area contributed by atoms with Crippen molar-refractivity contribution in [2.45, 2.75) is 65.8 Å². The van der Waals surface area contributed by atoms with Crippen LogP contribution in [0.3, 0.4) is 0 Å². The smallest absolute Gasteiger partial charge is 0.251 e. The number of anilines is 1. The molecule has 1 aromatic heterocycles. The molecule has 1 amide bonds. The number of nitrogens with one attached hydrogen (secondary N) is 1. The predicted molar refractivity (Wildman–Crippen MR) is 133 cm³/mol. The van der Waals surface area contributed by atoms with E-state index in [1.54, 1.807) is 0 Å². The first-order valence-electron chi connectivity index (χ1n) is 12.2. The molecular weight excluding hydrogens is 414 g/mol. The fourth-order valence-corrected chi connectivity index (χ4v) is 4.38. The van der Waals surface area contributed by atoms with E-state index >= 15 is 0 Å². The molecule has 0 radical (unpaired) electrons. The number of carbonyl (C=O) groups excluding carboxylic acids is 1. The van der Waals surface area contributed by atoms with Crippen LogP contribution in [0.15, 0.2) is 24.5 Å². The van der Waals surface area contributed by atoms with Crippen molar-refractivity contribution in [3.8, 4) is 5.75 Å². The van der Waals surface area contributed by atoms with Gasteiger partial charge < -0.3 is 20.7 Å². The fraction of sp³-hybridized carbons (Fsp3) is 0.577. The van der Waals surface area contributed by atoms with Gasteiger partial charge in [0, 0.05) is 43.6 Å². The van der Waals surface area contributed by atoms with E-state index in [2.05, 4.69) is 27.1 Å². The third-order valence-corrected chi connectivity index (χ3v) is 6.34. The van der Waals surface area contributed by atoms with Crippen LogP contribution in [0.5, 0.6) is 5.75 Å². The first-order chi connectivity index (χ1) is 15.9. The Bertz CT molecular complexity index is 882. The quantitative estimate of drug-likeness (QED) is 0.532. The molecular formula is C26H39N5O2. The lowest BCUT2D eigenvalue weighted by Gasteiger charge is -2.32. The largest absolute Gasteiger partial charge is 0.494 e. The van der Waals surface area contributed by atoms with Crippen molar-refractivity contribution in [2.75, 3.05) is 31.1 Å². The summed E-state index contributed by atoms with van der Waals surface area (Å²) in [6, 6.07) is 3.84. The van der Waals surface area contributed by atoms with Gasteiger partial charge in [0.2, 0.25) is 5.95 Å². The maximum Gasteiger partial charge on any atom is 0.251 e. The molecule has 1 saturated heterocycles. The van der Waals surface area contributed by atoms with Crippen LogP contribution in [0.4, 0.5) is 5.95 Å². The van der Waals surface area contributed by atoms with Crippen LogP contribution in [0.2, 0.25) is 0 Å². The average Bonchev–Trinajstić information content (AvgIpc) is 2.80. The van der Waals surface area contributed by atoms with Crippen molar-refractivity contribution in [2.24, 2.45) is 11.7 Å². The van der Waals surface area contributed by atoms with E-state index in [-0.39, 0.29) is 11.9 Å². The van der Waals surface area contributed by atoms with E-state index in [9.17, 15) is 4.79 Å². The number of ether oxygens (including phenoxy) is 1. The van der Waals surface area contributed by atoms with Gasteiger partial charge in [-0.25, -0.2) is 9.97 Å². The zero-order chi connectivity index (χ0) is 23.8. The van der Waals surface area contributed by atoms with Crippen molar-refractivity contribution in [1.82, 2.24) is 15.3 Å². The van der Waals surface area contributed by atoms with Gasteiger partial charge in [0.25, 0.3) is 5.91 Å². The number of amides is 1. The normalized spacial score (nSPS) is 15.4. The molecule has 3 rings (SSSR count). The van der Waals surface area contributed by atoms with Crippen molar-refractivity contribution in [3.63, 3.8) is 0 Å². The first-order valence-corrected chi connectivity index (χ1v) is 12.2. The topological polar surface area (TPSA) is 93.4 Å². The number of rotatable bonds is 10. The molecule has 2 aromatic rings. The van der Waals surface area contributed by atoms with E-state index in [4.69, 9.17) is 10.5 Å². The molecule has 180 valence electrons. The molecule has 7 nitrogen and oxygen atoms in total. The summed E-state index contributed by atoms with van der Waals surface area (Å²) < 4.78 is 6.02.